The van der Waals surface area contributed by atoms with Gasteiger partial charge < -0.3 is 0 Å². The third kappa shape index (κ3) is 3.14. The van der Waals surface area contributed by atoms with Gasteiger partial charge in [0.2, 0.25) is 5.13 Å². The molecule has 0 bridgehead atoms. The molecule has 2 heterocycles. The van der Waals surface area contributed by atoms with Crippen LogP contribution in [0.3, 0.4) is 0 Å². The fourth-order valence-electron chi connectivity index (χ4n) is 0.954. The second kappa shape index (κ2) is 5.58. The quantitative estimate of drug-likeness (QED) is 0.512. The molecule has 0 saturated heterocycles. The largest absolute Gasteiger partial charge is 0.298 e. The van der Waals surface area contributed by atoms with Crippen LogP contribution in [0.5, 0.6) is 0 Å². The van der Waals surface area contributed by atoms with Crippen LogP contribution in [0.15, 0.2) is 27.8 Å². The van der Waals surface area contributed by atoms with Crippen LogP contribution in [-0.2, 0) is 5.75 Å². The molecule has 0 fully saturated rings. The Morgan fingerprint density at radius 3 is 2.94 bits per heavy atom. The number of rotatable bonds is 4. The molecule has 0 saturated carbocycles. The maximum atomic E-state index is 5.22. The van der Waals surface area contributed by atoms with Crippen LogP contribution >= 0.6 is 39.0 Å². The summed E-state index contributed by atoms with van der Waals surface area (Å²) >= 11 is 6.39. The molecular weight excluding hydrogens is 310 g/mol. The Balaban J connectivity index is 1.94. The van der Waals surface area contributed by atoms with E-state index in [1.54, 1.807) is 18.0 Å². The smallest absolute Gasteiger partial charge is 0.219 e. The number of hydrazine groups is 1. The zero-order valence-electron chi connectivity index (χ0n) is 8.05. The number of pyridine rings is 1. The Bertz CT molecular complexity index is 458. The second-order valence-corrected chi connectivity index (χ2v) is 5.72. The van der Waals surface area contributed by atoms with Crippen LogP contribution in [0.4, 0.5) is 5.13 Å². The van der Waals surface area contributed by atoms with Crippen molar-refractivity contribution in [1.82, 2.24) is 15.2 Å². The lowest BCUT2D eigenvalue weighted by molar-refractivity contribution is 1.03. The SMILES string of the molecule is NNc1nnc(CSc2ccc(Br)cn2)s1. The summed E-state index contributed by atoms with van der Waals surface area (Å²) in [4.78, 5) is 4.25. The first-order chi connectivity index (χ1) is 7.78. The molecule has 0 unspecified atom stereocenters. The summed E-state index contributed by atoms with van der Waals surface area (Å²) in [5.74, 6) is 5.96. The lowest BCUT2D eigenvalue weighted by atomic mass is 10.5. The second-order valence-electron chi connectivity index (χ2n) is 2.75. The number of hydrogen-bond donors (Lipinski definition) is 2. The predicted molar refractivity (Wildman–Crippen MR) is 69.2 cm³/mol. The van der Waals surface area contributed by atoms with Gasteiger partial charge in [-0.05, 0) is 28.1 Å². The van der Waals surface area contributed by atoms with E-state index in [2.05, 4.69) is 36.5 Å². The Labute approximate surface area is 109 Å². The van der Waals surface area contributed by atoms with Crippen LogP contribution in [0.2, 0.25) is 0 Å². The van der Waals surface area contributed by atoms with E-state index in [1.807, 2.05) is 12.1 Å². The molecule has 0 aliphatic rings. The molecular formula is C8H8BrN5S2. The highest BCUT2D eigenvalue weighted by Crippen LogP contribution is 2.24. The molecule has 2 aromatic heterocycles. The molecule has 0 spiro atoms. The molecule has 0 aromatic carbocycles. The maximum absolute atomic E-state index is 5.22. The number of nitrogens with one attached hydrogen (secondary N) is 1. The third-order valence-corrected chi connectivity index (χ3v) is 4.10. The van der Waals surface area contributed by atoms with E-state index in [4.69, 9.17) is 5.84 Å². The summed E-state index contributed by atoms with van der Waals surface area (Å²) in [6, 6.07) is 3.92. The van der Waals surface area contributed by atoms with E-state index in [-0.39, 0.29) is 0 Å². The normalized spacial score (nSPS) is 10.4. The van der Waals surface area contributed by atoms with Crippen LogP contribution in [-0.4, -0.2) is 15.2 Å². The van der Waals surface area contributed by atoms with Gasteiger partial charge in [0.05, 0.1) is 10.8 Å². The number of thioether (sulfide) groups is 1. The minimum Gasteiger partial charge on any atom is -0.298 e. The van der Waals surface area contributed by atoms with Gasteiger partial charge in [0.15, 0.2) is 0 Å². The molecule has 0 aliphatic carbocycles. The molecule has 0 aliphatic heterocycles. The average molecular weight is 318 g/mol. The van der Waals surface area contributed by atoms with Gasteiger partial charge in [-0.25, -0.2) is 10.8 Å². The van der Waals surface area contributed by atoms with Crippen molar-refractivity contribution in [2.24, 2.45) is 5.84 Å². The molecule has 84 valence electrons. The highest BCUT2D eigenvalue weighted by atomic mass is 79.9. The van der Waals surface area contributed by atoms with Gasteiger partial charge in [-0.1, -0.05) is 23.1 Å². The van der Waals surface area contributed by atoms with Crippen molar-refractivity contribution in [3.05, 3.63) is 27.8 Å². The zero-order valence-corrected chi connectivity index (χ0v) is 11.3. The fraction of sp³-hybridized carbons (Fsp3) is 0.125. The summed E-state index contributed by atoms with van der Waals surface area (Å²) < 4.78 is 0.974. The monoisotopic (exact) mass is 317 g/mol. The standard InChI is InChI=1S/C8H8BrN5S2/c9-5-1-2-6(11-3-5)15-4-7-13-14-8(12-10)16-7/h1-3H,4,10H2,(H,12,14). The number of nitrogens with zero attached hydrogens (tertiary/aromatic N) is 3. The zero-order chi connectivity index (χ0) is 11.4. The molecule has 0 radical (unpaired) electrons. The summed E-state index contributed by atoms with van der Waals surface area (Å²) in [5.41, 5.74) is 2.47. The first kappa shape index (κ1) is 11.8. The van der Waals surface area contributed by atoms with Gasteiger partial charge in [0, 0.05) is 10.7 Å². The summed E-state index contributed by atoms with van der Waals surface area (Å²) in [5, 5.41) is 10.3. The molecule has 2 rings (SSSR count). The number of hydrogen-bond acceptors (Lipinski definition) is 7. The van der Waals surface area contributed by atoms with E-state index in [0.29, 0.717) is 5.13 Å². The molecule has 5 nitrogen and oxygen atoms in total. The predicted octanol–water partition coefficient (Wildman–Crippen LogP) is 2.27. The van der Waals surface area contributed by atoms with E-state index in [0.717, 1.165) is 20.3 Å². The summed E-state index contributed by atoms with van der Waals surface area (Å²) in [7, 11) is 0. The van der Waals surface area contributed by atoms with Gasteiger partial charge in [-0.3, -0.25) is 5.43 Å². The van der Waals surface area contributed by atoms with Gasteiger partial charge in [-0.2, -0.15) is 0 Å². The topological polar surface area (TPSA) is 76.7 Å². The van der Waals surface area contributed by atoms with Crippen LogP contribution in [0.1, 0.15) is 5.01 Å². The number of nitrogen functional groups attached to an aromatic ring is 1. The highest BCUT2D eigenvalue weighted by molar-refractivity contribution is 9.10. The van der Waals surface area contributed by atoms with Crippen LogP contribution in [0.25, 0.3) is 0 Å². The number of halogens is 1. The molecule has 2 aromatic rings. The molecule has 0 atom stereocenters. The lowest BCUT2D eigenvalue weighted by Crippen LogP contribution is -2.05. The van der Waals surface area contributed by atoms with Crippen molar-refractivity contribution in [3.63, 3.8) is 0 Å². The minimum absolute atomic E-state index is 0.624. The van der Waals surface area contributed by atoms with Crippen molar-refractivity contribution in [3.8, 4) is 0 Å². The molecule has 16 heavy (non-hydrogen) atoms. The minimum atomic E-state index is 0.624. The van der Waals surface area contributed by atoms with Crippen molar-refractivity contribution >= 4 is 44.2 Å². The van der Waals surface area contributed by atoms with Crippen molar-refractivity contribution < 1.29 is 0 Å². The highest BCUT2D eigenvalue weighted by Gasteiger charge is 2.04. The molecule has 0 amide bonds. The van der Waals surface area contributed by atoms with Crippen molar-refractivity contribution in [2.75, 3.05) is 5.43 Å². The number of nitrogens with two attached hydrogens (primary N) is 1. The van der Waals surface area contributed by atoms with Crippen molar-refractivity contribution in [1.29, 1.82) is 0 Å². The Hall–Kier alpha value is -0.700. The van der Waals surface area contributed by atoms with E-state index in [1.165, 1.54) is 11.3 Å². The summed E-state index contributed by atoms with van der Waals surface area (Å²) in [6.45, 7) is 0. The van der Waals surface area contributed by atoms with Gasteiger partial charge in [0.25, 0.3) is 0 Å². The maximum Gasteiger partial charge on any atom is 0.219 e. The third-order valence-electron chi connectivity index (χ3n) is 1.63. The number of aromatic nitrogens is 3. The molecule has 8 heteroatoms. The van der Waals surface area contributed by atoms with E-state index >= 15 is 0 Å². The fourth-order valence-corrected chi connectivity index (χ4v) is 2.67. The summed E-state index contributed by atoms with van der Waals surface area (Å²) in [6.07, 6.45) is 1.77. The van der Waals surface area contributed by atoms with Gasteiger partial charge >= 0.3 is 0 Å². The average Bonchev–Trinajstić information content (AvgIpc) is 2.76. The van der Waals surface area contributed by atoms with Gasteiger partial charge in [0.1, 0.15) is 5.01 Å². The number of anilines is 1. The van der Waals surface area contributed by atoms with Gasteiger partial charge in [-0.15, -0.1) is 10.2 Å². The van der Waals surface area contributed by atoms with E-state index in [9.17, 15) is 0 Å². The molecule has 3 N–H and O–H groups in total. The first-order valence-electron chi connectivity index (χ1n) is 4.31. The van der Waals surface area contributed by atoms with Crippen molar-refractivity contribution in [2.45, 2.75) is 10.8 Å². The van der Waals surface area contributed by atoms with Crippen LogP contribution in [0, 0.1) is 0 Å². The Morgan fingerprint density at radius 1 is 1.44 bits per heavy atom. The first-order valence-corrected chi connectivity index (χ1v) is 6.91. The van der Waals surface area contributed by atoms with E-state index < -0.39 is 0 Å². The lowest BCUT2D eigenvalue weighted by Gasteiger charge is -1.97. The van der Waals surface area contributed by atoms with Crippen LogP contribution < -0.4 is 11.3 Å². The Morgan fingerprint density at radius 2 is 2.31 bits per heavy atom. The Kier molecular flexibility index (Phi) is 4.10.